The minimum atomic E-state index is -0.759. The van der Waals surface area contributed by atoms with Gasteiger partial charge in [-0.2, -0.15) is 0 Å². The smallest absolute Gasteiger partial charge is 0.414 e. The Bertz CT molecular complexity index is 637. The number of aliphatic hydroxyl groups excluding tert-OH is 1. The Morgan fingerprint density at radius 3 is 2.83 bits per heavy atom. The van der Waals surface area contributed by atoms with Crippen molar-refractivity contribution in [2.45, 2.75) is 13.0 Å². The molecule has 1 aliphatic rings. The van der Waals surface area contributed by atoms with Gasteiger partial charge in [0.1, 0.15) is 18.5 Å². The number of benzene rings is 1. The number of nitrogens with zero attached hydrogens (tertiary/aromatic N) is 1. The zero-order valence-electron chi connectivity index (χ0n) is 12.3. The molecule has 3 amide bonds. The summed E-state index contributed by atoms with van der Waals surface area (Å²) >= 11 is 0. The zero-order valence-corrected chi connectivity index (χ0v) is 12.3. The standard InChI is InChI=1S/C14H16FN3O5/c1-8(20)16-5-10-6-18(14(22)23-10)9-2-3-12(11(15)4-9)17-13(21)7-19/h2-4,10,19H,5-7H2,1H3,(H,16,20)(H,17,21)/t10-/m0/s1. The molecule has 1 saturated heterocycles. The highest BCUT2D eigenvalue weighted by Gasteiger charge is 2.32. The Morgan fingerprint density at radius 2 is 2.22 bits per heavy atom. The molecule has 1 heterocycles. The van der Waals surface area contributed by atoms with Crippen molar-refractivity contribution in [3.8, 4) is 0 Å². The third-order valence-electron chi connectivity index (χ3n) is 3.13. The molecule has 0 bridgehead atoms. The van der Waals surface area contributed by atoms with Gasteiger partial charge in [0, 0.05) is 6.92 Å². The normalized spacial score (nSPS) is 16.9. The van der Waals surface area contributed by atoms with Crippen LogP contribution in [0.4, 0.5) is 20.6 Å². The quantitative estimate of drug-likeness (QED) is 0.718. The lowest BCUT2D eigenvalue weighted by atomic mass is 10.2. The van der Waals surface area contributed by atoms with Crippen LogP contribution in [0.15, 0.2) is 18.2 Å². The highest BCUT2D eigenvalue weighted by molar-refractivity contribution is 5.93. The van der Waals surface area contributed by atoms with Crippen LogP contribution in [0.25, 0.3) is 0 Å². The average Bonchev–Trinajstić information content (AvgIpc) is 2.88. The molecule has 1 fully saturated rings. The molecule has 0 spiro atoms. The van der Waals surface area contributed by atoms with Gasteiger partial charge in [0.2, 0.25) is 11.8 Å². The number of carbonyl (C=O) groups is 3. The highest BCUT2D eigenvalue weighted by Crippen LogP contribution is 2.25. The molecule has 1 aromatic carbocycles. The summed E-state index contributed by atoms with van der Waals surface area (Å²) < 4.78 is 19.0. The first kappa shape index (κ1) is 16.7. The number of carbonyl (C=O) groups excluding carboxylic acids is 3. The molecule has 1 atom stereocenters. The number of rotatable bonds is 5. The third kappa shape index (κ3) is 4.16. The molecule has 9 heteroatoms. The second-order valence-electron chi connectivity index (χ2n) is 4.92. The van der Waals surface area contributed by atoms with E-state index in [0.29, 0.717) is 0 Å². The van der Waals surface area contributed by atoms with Gasteiger partial charge in [-0.1, -0.05) is 0 Å². The summed E-state index contributed by atoms with van der Waals surface area (Å²) in [4.78, 5) is 35.0. The number of halogens is 1. The van der Waals surface area contributed by atoms with E-state index in [9.17, 15) is 18.8 Å². The Balaban J connectivity index is 2.07. The maximum atomic E-state index is 13.9. The van der Waals surface area contributed by atoms with Gasteiger partial charge in [-0.3, -0.25) is 14.5 Å². The maximum absolute atomic E-state index is 13.9. The molecule has 1 aliphatic heterocycles. The first-order valence-electron chi connectivity index (χ1n) is 6.83. The Kier molecular flexibility index (Phi) is 5.12. The number of hydrogen-bond acceptors (Lipinski definition) is 5. The van der Waals surface area contributed by atoms with Gasteiger partial charge in [-0.05, 0) is 18.2 Å². The number of aliphatic hydroxyl groups is 1. The maximum Gasteiger partial charge on any atom is 0.414 e. The van der Waals surface area contributed by atoms with E-state index in [1.54, 1.807) is 0 Å². The molecule has 0 aromatic heterocycles. The van der Waals surface area contributed by atoms with Crippen molar-refractivity contribution in [1.82, 2.24) is 5.32 Å². The largest absolute Gasteiger partial charge is 0.442 e. The van der Waals surface area contributed by atoms with Crippen molar-refractivity contribution in [3.05, 3.63) is 24.0 Å². The predicted molar refractivity (Wildman–Crippen MR) is 78.4 cm³/mol. The van der Waals surface area contributed by atoms with Gasteiger partial charge in [-0.15, -0.1) is 0 Å². The monoisotopic (exact) mass is 325 g/mol. The summed E-state index contributed by atoms with van der Waals surface area (Å²) in [5.41, 5.74) is 0.162. The van der Waals surface area contributed by atoms with E-state index in [1.165, 1.54) is 24.0 Å². The number of hydrogen-bond donors (Lipinski definition) is 3. The van der Waals surface area contributed by atoms with Crippen LogP contribution < -0.4 is 15.5 Å². The predicted octanol–water partition coefficient (Wildman–Crippen LogP) is 0.218. The Labute approximate surface area is 131 Å². The van der Waals surface area contributed by atoms with Gasteiger partial charge in [-0.25, -0.2) is 9.18 Å². The lowest BCUT2D eigenvalue weighted by Crippen LogP contribution is -2.33. The van der Waals surface area contributed by atoms with Gasteiger partial charge in [0.15, 0.2) is 0 Å². The summed E-state index contributed by atoms with van der Waals surface area (Å²) in [6.45, 7) is 0.930. The summed E-state index contributed by atoms with van der Waals surface area (Å²) in [7, 11) is 0. The lowest BCUT2D eigenvalue weighted by molar-refractivity contribution is -0.119. The van der Waals surface area contributed by atoms with Crippen LogP contribution in [-0.4, -0.2) is 48.8 Å². The van der Waals surface area contributed by atoms with Crippen LogP contribution in [0.2, 0.25) is 0 Å². The fourth-order valence-corrected chi connectivity index (χ4v) is 2.06. The second-order valence-corrected chi connectivity index (χ2v) is 4.92. The van der Waals surface area contributed by atoms with Crippen molar-refractivity contribution in [1.29, 1.82) is 0 Å². The summed E-state index contributed by atoms with van der Waals surface area (Å²) in [6, 6.07) is 3.81. The summed E-state index contributed by atoms with van der Waals surface area (Å²) in [5, 5.41) is 13.4. The molecule has 23 heavy (non-hydrogen) atoms. The summed E-state index contributed by atoms with van der Waals surface area (Å²) in [6.07, 6.45) is -1.17. The van der Waals surface area contributed by atoms with Crippen LogP contribution in [0.3, 0.4) is 0 Å². The molecule has 2 rings (SSSR count). The van der Waals surface area contributed by atoms with E-state index in [-0.39, 0.29) is 30.4 Å². The first-order chi connectivity index (χ1) is 10.9. The van der Waals surface area contributed by atoms with Crippen molar-refractivity contribution in [2.75, 3.05) is 29.9 Å². The lowest BCUT2D eigenvalue weighted by Gasteiger charge is -2.14. The van der Waals surface area contributed by atoms with E-state index >= 15 is 0 Å². The topological polar surface area (TPSA) is 108 Å². The van der Waals surface area contributed by atoms with Gasteiger partial charge in [0.05, 0.1) is 24.5 Å². The van der Waals surface area contributed by atoms with Gasteiger partial charge < -0.3 is 20.5 Å². The average molecular weight is 325 g/mol. The molecule has 0 aliphatic carbocycles. The van der Waals surface area contributed by atoms with Crippen molar-refractivity contribution < 1.29 is 28.6 Å². The van der Waals surface area contributed by atoms with Crippen molar-refractivity contribution in [2.24, 2.45) is 0 Å². The molecule has 3 N–H and O–H groups in total. The van der Waals surface area contributed by atoms with Crippen molar-refractivity contribution in [3.63, 3.8) is 0 Å². The molecular weight excluding hydrogens is 309 g/mol. The van der Waals surface area contributed by atoms with Crippen LogP contribution in [0, 0.1) is 5.82 Å². The molecule has 0 unspecified atom stereocenters. The molecular formula is C14H16FN3O5. The number of amides is 3. The second kappa shape index (κ2) is 7.05. The van der Waals surface area contributed by atoms with Crippen molar-refractivity contribution >= 4 is 29.3 Å². The molecule has 0 radical (unpaired) electrons. The first-order valence-corrected chi connectivity index (χ1v) is 6.83. The van der Waals surface area contributed by atoms with E-state index in [0.717, 1.165) is 6.07 Å². The molecule has 8 nitrogen and oxygen atoms in total. The molecule has 0 saturated carbocycles. The fourth-order valence-electron chi connectivity index (χ4n) is 2.06. The van der Waals surface area contributed by atoms with E-state index in [1.807, 2.05) is 0 Å². The van der Waals surface area contributed by atoms with E-state index < -0.39 is 30.5 Å². The SMILES string of the molecule is CC(=O)NC[C@H]1CN(c2ccc(NC(=O)CO)c(F)c2)C(=O)O1. The van der Waals surface area contributed by atoms with E-state index in [2.05, 4.69) is 10.6 Å². The van der Waals surface area contributed by atoms with Gasteiger partial charge in [0.25, 0.3) is 0 Å². The third-order valence-corrected chi connectivity index (χ3v) is 3.13. The molecule has 1 aromatic rings. The Hall–Kier alpha value is -2.68. The Morgan fingerprint density at radius 1 is 1.48 bits per heavy atom. The number of ether oxygens (including phenoxy) is 1. The number of anilines is 2. The highest BCUT2D eigenvalue weighted by atomic mass is 19.1. The molecule has 124 valence electrons. The summed E-state index contributed by atoms with van der Waals surface area (Å²) in [5.74, 6) is -1.73. The number of cyclic esters (lactones) is 1. The minimum absolute atomic E-state index is 0.102. The fraction of sp³-hybridized carbons (Fsp3) is 0.357. The van der Waals surface area contributed by atoms with Crippen LogP contribution in [0.5, 0.6) is 0 Å². The van der Waals surface area contributed by atoms with Crippen LogP contribution >= 0.6 is 0 Å². The minimum Gasteiger partial charge on any atom is -0.442 e. The van der Waals surface area contributed by atoms with Crippen LogP contribution in [-0.2, 0) is 14.3 Å². The van der Waals surface area contributed by atoms with E-state index in [4.69, 9.17) is 9.84 Å². The zero-order chi connectivity index (χ0) is 17.0. The van der Waals surface area contributed by atoms with Crippen LogP contribution in [0.1, 0.15) is 6.92 Å². The number of nitrogens with one attached hydrogen (secondary N) is 2. The van der Waals surface area contributed by atoms with Gasteiger partial charge >= 0.3 is 6.09 Å².